The Bertz CT molecular complexity index is 667. The Hall–Kier alpha value is -2.51. The van der Waals surface area contributed by atoms with Gasteiger partial charge in [0, 0.05) is 24.6 Å². The molecule has 1 aromatic carbocycles. The first-order chi connectivity index (χ1) is 10.9. The van der Waals surface area contributed by atoms with Crippen molar-refractivity contribution in [2.75, 3.05) is 11.9 Å². The fourth-order valence-corrected chi connectivity index (χ4v) is 2.69. The summed E-state index contributed by atoms with van der Waals surface area (Å²) < 4.78 is 37.6. The third-order valence-corrected chi connectivity index (χ3v) is 3.81. The van der Waals surface area contributed by atoms with Crippen molar-refractivity contribution in [3.63, 3.8) is 0 Å². The lowest BCUT2D eigenvalue weighted by Crippen LogP contribution is -2.34. The second-order valence-electron chi connectivity index (χ2n) is 5.33. The normalized spacial score (nSPS) is 18.2. The van der Waals surface area contributed by atoms with Gasteiger partial charge in [0.1, 0.15) is 5.82 Å². The molecule has 0 radical (unpaired) electrons. The van der Waals surface area contributed by atoms with E-state index in [9.17, 15) is 18.0 Å². The Morgan fingerprint density at radius 1 is 1.30 bits per heavy atom. The Labute approximate surface area is 130 Å². The minimum absolute atomic E-state index is 0.139. The summed E-state index contributed by atoms with van der Waals surface area (Å²) in [6, 6.07) is 3.91. The summed E-state index contributed by atoms with van der Waals surface area (Å²) >= 11 is 0. The number of nitrogens with zero attached hydrogens (tertiary/aromatic N) is 2. The van der Waals surface area contributed by atoms with E-state index in [1.165, 1.54) is 12.1 Å². The highest BCUT2D eigenvalue weighted by Crippen LogP contribution is 2.31. The number of urea groups is 1. The number of aromatic nitrogens is 2. The van der Waals surface area contributed by atoms with Crippen LogP contribution in [0.3, 0.4) is 0 Å². The van der Waals surface area contributed by atoms with E-state index in [2.05, 4.69) is 15.3 Å². The number of aromatic amines is 1. The van der Waals surface area contributed by atoms with E-state index >= 15 is 0 Å². The predicted molar refractivity (Wildman–Crippen MR) is 77.7 cm³/mol. The summed E-state index contributed by atoms with van der Waals surface area (Å²) in [5.41, 5.74) is -0.418. The molecule has 0 aliphatic carbocycles. The molecular weight excluding hydrogens is 309 g/mol. The molecule has 2 amide bonds. The number of nitrogens with one attached hydrogen (secondary N) is 2. The van der Waals surface area contributed by atoms with Crippen LogP contribution in [0.1, 0.15) is 30.3 Å². The number of halogens is 3. The van der Waals surface area contributed by atoms with Gasteiger partial charge in [0.15, 0.2) is 0 Å². The molecule has 1 aliphatic rings. The number of hydrogen-bond acceptors (Lipinski definition) is 2. The third-order valence-electron chi connectivity index (χ3n) is 3.81. The molecule has 0 saturated carbocycles. The molecule has 0 bridgehead atoms. The van der Waals surface area contributed by atoms with Crippen molar-refractivity contribution in [2.24, 2.45) is 0 Å². The average molecular weight is 324 g/mol. The van der Waals surface area contributed by atoms with Crippen molar-refractivity contribution in [3.8, 4) is 0 Å². The van der Waals surface area contributed by atoms with Gasteiger partial charge in [0.2, 0.25) is 0 Å². The van der Waals surface area contributed by atoms with E-state index in [4.69, 9.17) is 0 Å². The number of benzene rings is 1. The van der Waals surface area contributed by atoms with Crippen LogP contribution in [0.25, 0.3) is 0 Å². The molecule has 122 valence electrons. The molecule has 23 heavy (non-hydrogen) atoms. The maximum atomic E-state index is 12.5. The van der Waals surface area contributed by atoms with Gasteiger partial charge in [-0.2, -0.15) is 13.2 Å². The quantitative estimate of drug-likeness (QED) is 0.883. The largest absolute Gasteiger partial charge is 0.416 e. The molecule has 1 aromatic heterocycles. The van der Waals surface area contributed by atoms with Gasteiger partial charge in [0.25, 0.3) is 0 Å². The smallest absolute Gasteiger partial charge is 0.347 e. The molecule has 0 unspecified atom stereocenters. The first-order valence-corrected chi connectivity index (χ1v) is 7.19. The number of H-pyrrole nitrogens is 1. The van der Waals surface area contributed by atoms with Gasteiger partial charge in [-0.3, -0.25) is 0 Å². The lowest BCUT2D eigenvalue weighted by atomic mass is 10.2. The summed E-state index contributed by atoms with van der Waals surface area (Å²) in [4.78, 5) is 21.2. The standard InChI is InChI=1S/C15H15F3N4O/c16-15(17,18)10-3-5-11(6-4-10)21-14(23)22-9-1-2-12(22)13-19-7-8-20-13/h3-8,12H,1-2,9H2,(H,19,20)(H,21,23)/t12-/m0/s1. The Morgan fingerprint density at radius 3 is 2.65 bits per heavy atom. The minimum atomic E-state index is -4.39. The number of amides is 2. The zero-order valence-corrected chi connectivity index (χ0v) is 12.1. The number of carbonyl (C=O) groups excluding carboxylic acids is 1. The summed E-state index contributed by atoms with van der Waals surface area (Å²) in [5.74, 6) is 0.713. The number of rotatable bonds is 2. The molecule has 1 atom stereocenters. The van der Waals surface area contributed by atoms with Crippen molar-refractivity contribution in [3.05, 3.63) is 48.0 Å². The Kier molecular flexibility index (Phi) is 3.97. The topological polar surface area (TPSA) is 61.0 Å². The zero-order chi connectivity index (χ0) is 16.4. The number of hydrogen-bond donors (Lipinski definition) is 2. The second-order valence-corrected chi connectivity index (χ2v) is 5.33. The van der Waals surface area contributed by atoms with Crippen LogP contribution in [0.15, 0.2) is 36.7 Å². The number of likely N-dealkylation sites (tertiary alicyclic amines) is 1. The van der Waals surface area contributed by atoms with Crippen molar-refractivity contribution < 1.29 is 18.0 Å². The maximum Gasteiger partial charge on any atom is 0.416 e. The fraction of sp³-hybridized carbons (Fsp3) is 0.333. The summed E-state index contributed by atoms with van der Waals surface area (Å²) in [7, 11) is 0. The van der Waals surface area contributed by atoms with E-state index in [1.807, 2.05) is 0 Å². The Balaban J connectivity index is 1.69. The van der Waals surface area contributed by atoms with E-state index in [1.54, 1.807) is 17.3 Å². The van der Waals surface area contributed by atoms with Gasteiger partial charge < -0.3 is 15.2 Å². The van der Waals surface area contributed by atoms with Gasteiger partial charge >= 0.3 is 12.2 Å². The van der Waals surface area contributed by atoms with Crippen LogP contribution in [0.5, 0.6) is 0 Å². The average Bonchev–Trinajstić information content (AvgIpc) is 3.17. The summed E-state index contributed by atoms with van der Waals surface area (Å²) in [6.07, 6.45) is 0.584. The van der Waals surface area contributed by atoms with Crippen LogP contribution < -0.4 is 5.32 Å². The van der Waals surface area contributed by atoms with Crippen molar-refractivity contribution in [1.29, 1.82) is 0 Å². The number of carbonyl (C=O) groups is 1. The van der Waals surface area contributed by atoms with Crippen molar-refractivity contribution in [2.45, 2.75) is 25.1 Å². The van der Waals surface area contributed by atoms with Crippen LogP contribution in [-0.4, -0.2) is 27.4 Å². The van der Waals surface area contributed by atoms with Crippen LogP contribution >= 0.6 is 0 Å². The number of imidazole rings is 1. The molecule has 8 heteroatoms. The lowest BCUT2D eigenvalue weighted by Gasteiger charge is -2.23. The summed E-state index contributed by atoms with van der Waals surface area (Å²) in [5, 5.41) is 2.63. The van der Waals surface area contributed by atoms with Crippen LogP contribution in [0, 0.1) is 0 Å². The van der Waals surface area contributed by atoms with Gasteiger partial charge in [0.05, 0.1) is 11.6 Å². The van der Waals surface area contributed by atoms with Gasteiger partial charge in [-0.15, -0.1) is 0 Å². The van der Waals surface area contributed by atoms with Gasteiger partial charge in [-0.25, -0.2) is 9.78 Å². The zero-order valence-electron chi connectivity index (χ0n) is 12.1. The van der Waals surface area contributed by atoms with E-state index in [0.717, 1.165) is 25.0 Å². The predicted octanol–water partition coefficient (Wildman–Crippen LogP) is 3.80. The third kappa shape index (κ3) is 3.30. The first-order valence-electron chi connectivity index (χ1n) is 7.19. The maximum absolute atomic E-state index is 12.5. The number of alkyl halides is 3. The second kappa shape index (κ2) is 5.94. The molecular formula is C15H15F3N4O. The molecule has 1 saturated heterocycles. The molecule has 2 heterocycles. The number of anilines is 1. The summed E-state index contributed by atoms with van der Waals surface area (Å²) in [6.45, 7) is 0.581. The molecule has 3 rings (SSSR count). The first kappa shape index (κ1) is 15.4. The van der Waals surface area contributed by atoms with Crippen LogP contribution in [-0.2, 0) is 6.18 Å². The highest BCUT2D eigenvalue weighted by Gasteiger charge is 2.32. The molecule has 1 aliphatic heterocycles. The monoisotopic (exact) mass is 324 g/mol. The fourth-order valence-electron chi connectivity index (χ4n) is 2.69. The SMILES string of the molecule is O=C(Nc1ccc(C(F)(F)F)cc1)N1CCC[C@H]1c1ncc[nH]1. The lowest BCUT2D eigenvalue weighted by molar-refractivity contribution is -0.137. The van der Waals surface area contributed by atoms with E-state index in [0.29, 0.717) is 18.1 Å². The molecule has 2 N–H and O–H groups in total. The minimum Gasteiger partial charge on any atom is -0.347 e. The van der Waals surface area contributed by atoms with Crippen LogP contribution in [0.4, 0.5) is 23.7 Å². The van der Waals surface area contributed by atoms with E-state index < -0.39 is 11.7 Å². The van der Waals surface area contributed by atoms with Gasteiger partial charge in [-0.05, 0) is 37.1 Å². The molecule has 0 spiro atoms. The highest BCUT2D eigenvalue weighted by atomic mass is 19.4. The molecule has 5 nitrogen and oxygen atoms in total. The molecule has 2 aromatic rings. The van der Waals surface area contributed by atoms with Gasteiger partial charge in [-0.1, -0.05) is 0 Å². The van der Waals surface area contributed by atoms with Crippen molar-refractivity contribution in [1.82, 2.24) is 14.9 Å². The highest BCUT2D eigenvalue weighted by molar-refractivity contribution is 5.89. The van der Waals surface area contributed by atoms with Crippen LogP contribution in [0.2, 0.25) is 0 Å². The Morgan fingerprint density at radius 2 is 2.04 bits per heavy atom. The molecule has 1 fully saturated rings. The van der Waals surface area contributed by atoms with E-state index in [-0.39, 0.29) is 12.1 Å². The van der Waals surface area contributed by atoms with Crippen molar-refractivity contribution >= 4 is 11.7 Å².